The van der Waals surface area contributed by atoms with Crippen molar-refractivity contribution in [3.05, 3.63) is 50.9 Å². The largest absolute Gasteiger partial charge is 0.318 e. The fourth-order valence-corrected chi connectivity index (χ4v) is 5.01. The molecule has 1 fully saturated rings. The lowest BCUT2D eigenvalue weighted by atomic mass is 10.0. The summed E-state index contributed by atoms with van der Waals surface area (Å²) < 4.78 is 2.94. The molecule has 1 aliphatic carbocycles. The zero-order valence-electron chi connectivity index (χ0n) is 14.8. The van der Waals surface area contributed by atoms with E-state index in [4.69, 9.17) is 4.98 Å². The molecule has 2 heterocycles. The van der Waals surface area contributed by atoms with Crippen molar-refractivity contribution in [1.82, 2.24) is 9.55 Å². The average molecular weight is 371 g/mol. The number of nitrogens with zero attached hydrogens (tertiary/aromatic N) is 2. The monoisotopic (exact) mass is 370 g/mol. The fourth-order valence-electron chi connectivity index (χ4n) is 3.16. The summed E-state index contributed by atoms with van der Waals surface area (Å²) in [6.45, 7) is 4.08. The lowest BCUT2D eigenvalue weighted by molar-refractivity contribution is 0.851. The molecule has 0 N–H and O–H groups in total. The molecule has 1 aliphatic rings. The Labute approximate surface area is 156 Å². The summed E-state index contributed by atoms with van der Waals surface area (Å²) >= 11 is 3.76. The van der Waals surface area contributed by atoms with Crippen LogP contribution in [0.2, 0.25) is 0 Å². The van der Waals surface area contributed by atoms with Gasteiger partial charge in [0.2, 0.25) is 0 Å². The van der Waals surface area contributed by atoms with Gasteiger partial charge >= 0.3 is 0 Å². The number of pyridine rings is 1. The highest BCUT2D eigenvalue weighted by Crippen LogP contribution is 2.45. The van der Waals surface area contributed by atoms with Gasteiger partial charge in [-0.05, 0) is 54.8 Å². The molecule has 0 atom stereocenters. The second-order valence-corrected chi connectivity index (χ2v) is 9.09. The smallest absolute Gasteiger partial charge is 0.253 e. The molecular weight excluding hydrogens is 348 g/mol. The summed E-state index contributed by atoms with van der Waals surface area (Å²) in [7, 11) is 1.83. The van der Waals surface area contributed by atoms with Gasteiger partial charge in [0.1, 0.15) is 0 Å². The molecule has 5 heteroatoms. The molecule has 3 nitrogen and oxygen atoms in total. The van der Waals surface area contributed by atoms with Crippen molar-refractivity contribution in [2.45, 2.75) is 38.4 Å². The zero-order chi connectivity index (χ0) is 17.6. The molecule has 0 bridgehead atoms. The number of thioether (sulfide) groups is 1. The maximum Gasteiger partial charge on any atom is 0.253 e. The third-order valence-electron chi connectivity index (χ3n) is 4.64. The van der Waals surface area contributed by atoms with Gasteiger partial charge in [0.25, 0.3) is 5.56 Å². The molecular formula is C20H22N2OS2. The van der Waals surface area contributed by atoms with Crippen molar-refractivity contribution in [2.75, 3.05) is 5.75 Å². The first-order valence-corrected chi connectivity index (χ1v) is 10.7. The van der Waals surface area contributed by atoms with E-state index in [0.717, 1.165) is 28.1 Å². The molecule has 0 spiro atoms. The zero-order valence-corrected chi connectivity index (χ0v) is 16.5. The Morgan fingerprint density at radius 2 is 2.12 bits per heavy atom. The van der Waals surface area contributed by atoms with Crippen molar-refractivity contribution < 1.29 is 0 Å². The van der Waals surface area contributed by atoms with E-state index in [1.54, 1.807) is 4.57 Å². The van der Waals surface area contributed by atoms with Gasteiger partial charge in [0.15, 0.2) is 0 Å². The van der Waals surface area contributed by atoms with Crippen LogP contribution in [0.1, 0.15) is 41.8 Å². The van der Waals surface area contributed by atoms with Crippen molar-refractivity contribution in [2.24, 2.45) is 7.05 Å². The van der Waals surface area contributed by atoms with E-state index in [0.29, 0.717) is 5.92 Å². The highest BCUT2D eigenvalue weighted by Gasteiger charge is 2.27. The Kier molecular flexibility index (Phi) is 4.46. The topological polar surface area (TPSA) is 34.9 Å². The number of hydrogen-bond acceptors (Lipinski definition) is 4. The molecule has 3 aromatic rings. The third-order valence-corrected chi connectivity index (χ3v) is 6.85. The molecule has 2 aromatic heterocycles. The van der Waals surface area contributed by atoms with E-state index < -0.39 is 0 Å². The number of rotatable bonds is 5. The van der Waals surface area contributed by atoms with Gasteiger partial charge in [-0.2, -0.15) is 11.8 Å². The van der Waals surface area contributed by atoms with Crippen molar-refractivity contribution in [3.63, 3.8) is 0 Å². The maximum atomic E-state index is 12.1. The Balaban J connectivity index is 1.91. The Morgan fingerprint density at radius 3 is 2.80 bits per heavy atom. The molecule has 1 aromatic carbocycles. The predicted octanol–water partition coefficient (Wildman–Crippen LogP) is 5.10. The van der Waals surface area contributed by atoms with Crippen LogP contribution in [-0.2, 0) is 12.8 Å². The summed E-state index contributed by atoms with van der Waals surface area (Å²) in [4.78, 5) is 17.0. The summed E-state index contributed by atoms with van der Waals surface area (Å²) in [5.74, 6) is 2.78. The van der Waals surface area contributed by atoms with Crippen LogP contribution in [0, 0.1) is 6.92 Å². The number of aryl methyl sites for hydroxylation is 2. The number of benzene rings is 1. The summed E-state index contributed by atoms with van der Waals surface area (Å²) in [6.07, 6.45) is 4.50. The van der Waals surface area contributed by atoms with Crippen LogP contribution in [0.3, 0.4) is 0 Å². The lowest BCUT2D eigenvalue weighted by Gasteiger charge is -2.10. The molecule has 25 heavy (non-hydrogen) atoms. The number of aromatic nitrogens is 2. The lowest BCUT2D eigenvalue weighted by Crippen LogP contribution is -2.18. The number of hydrogen-bond donors (Lipinski definition) is 0. The van der Waals surface area contributed by atoms with Crippen molar-refractivity contribution in [1.29, 1.82) is 0 Å². The minimum absolute atomic E-state index is 0.0701. The van der Waals surface area contributed by atoms with Gasteiger partial charge in [-0.15, -0.1) is 11.3 Å². The van der Waals surface area contributed by atoms with Gasteiger partial charge in [-0.25, -0.2) is 4.98 Å². The van der Waals surface area contributed by atoms with Crippen molar-refractivity contribution in [3.8, 4) is 11.1 Å². The number of fused-ring (bicyclic) bond motifs is 1. The quantitative estimate of drug-likeness (QED) is 0.627. The molecule has 1 saturated carbocycles. The van der Waals surface area contributed by atoms with Crippen LogP contribution in [0.25, 0.3) is 21.3 Å². The fraction of sp³-hybridized carbons (Fsp3) is 0.400. The van der Waals surface area contributed by atoms with Gasteiger partial charge in [0, 0.05) is 36.0 Å². The Morgan fingerprint density at radius 1 is 1.32 bits per heavy atom. The minimum atomic E-state index is 0.0701. The highest BCUT2D eigenvalue weighted by atomic mass is 32.2. The van der Waals surface area contributed by atoms with Gasteiger partial charge in [-0.3, -0.25) is 4.79 Å². The molecule has 4 rings (SSSR count). The maximum absolute atomic E-state index is 12.1. The Bertz CT molecular complexity index is 973. The molecule has 0 radical (unpaired) electrons. The van der Waals surface area contributed by atoms with Crippen LogP contribution in [0.5, 0.6) is 0 Å². The van der Waals surface area contributed by atoms with Gasteiger partial charge in [-0.1, -0.05) is 6.92 Å². The van der Waals surface area contributed by atoms with E-state index in [1.165, 1.54) is 33.7 Å². The standard InChI is InChI=1S/C20H22N2OS2/c1-4-24-11-13-8-16(15-7-12(2)20(23)22(3)10-15)18-17(9-13)21-19(25-18)14-5-6-14/h7-10,14H,4-6,11H2,1-3H3. The van der Waals surface area contributed by atoms with E-state index in [-0.39, 0.29) is 5.56 Å². The predicted molar refractivity (Wildman–Crippen MR) is 109 cm³/mol. The normalized spacial score (nSPS) is 14.4. The van der Waals surface area contributed by atoms with Crippen LogP contribution >= 0.6 is 23.1 Å². The van der Waals surface area contributed by atoms with Crippen LogP contribution in [0.4, 0.5) is 0 Å². The van der Waals surface area contributed by atoms with E-state index in [9.17, 15) is 4.79 Å². The first kappa shape index (κ1) is 16.9. The first-order chi connectivity index (χ1) is 12.1. The van der Waals surface area contributed by atoms with Gasteiger partial charge < -0.3 is 4.57 Å². The van der Waals surface area contributed by atoms with E-state index in [2.05, 4.69) is 19.1 Å². The molecule has 0 aliphatic heterocycles. The second-order valence-electron chi connectivity index (χ2n) is 6.78. The summed E-state index contributed by atoms with van der Waals surface area (Å²) in [5.41, 5.74) is 5.61. The molecule has 0 unspecified atom stereocenters. The molecule has 130 valence electrons. The second kappa shape index (κ2) is 6.61. The van der Waals surface area contributed by atoms with Crippen LogP contribution in [-0.4, -0.2) is 15.3 Å². The summed E-state index contributed by atoms with van der Waals surface area (Å²) in [6, 6.07) is 6.56. The first-order valence-electron chi connectivity index (χ1n) is 8.75. The van der Waals surface area contributed by atoms with E-state index >= 15 is 0 Å². The average Bonchev–Trinajstić information content (AvgIpc) is 3.36. The molecule has 0 saturated heterocycles. The summed E-state index contributed by atoms with van der Waals surface area (Å²) in [5, 5.41) is 1.28. The third kappa shape index (κ3) is 3.27. The van der Waals surface area contributed by atoms with Crippen LogP contribution in [0.15, 0.2) is 29.2 Å². The van der Waals surface area contributed by atoms with Crippen LogP contribution < -0.4 is 5.56 Å². The molecule has 0 amide bonds. The van der Waals surface area contributed by atoms with E-state index in [1.807, 2.05) is 49.3 Å². The van der Waals surface area contributed by atoms with Gasteiger partial charge in [0.05, 0.1) is 15.2 Å². The SMILES string of the molecule is CCSCc1cc(-c2cc(C)c(=O)n(C)c2)c2sc(C3CC3)nc2c1. The van der Waals surface area contributed by atoms with Crippen molar-refractivity contribution >= 4 is 33.3 Å². The minimum Gasteiger partial charge on any atom is -0.318 e. The highest BCUT2D eigenvalue weighted by molar-refractivity contribution is 7.98. The Hall–Kier alpha value is -1.59. The number of thiazole rings is 1.